The van der Waals surface area contributed by atoms with Crippen molar-refractivity contribution in [2.75, 3.05) is 13.2 Å². The SMILES string of the molecule is CC(C)(C)CCOC(=O)C1NCC2CCCC21. The zero-order valence-electron chi connectivity index (χ0n) is 11.3. The summed E-state index contributed by atoms with van der Waals surface area (Å²) in [6.45, 7) is 8.06. The maximum Gasteiger partial charge on any atom is 0.323 e. The largest absolute Gasteiger partial charge is 0.464 e. The molecule has 3 heteroatoms. The van der Waals surface area contributed by atoms with Crippen LogP contribution < -0.4 is 5.32 Å². The van der Waals surface area contributed by atoms with Crippen molar-refractivity contribution in [3.63, 3.8) is 0 Å². The number of hydrogen-bond acceptors (Lipinski definition) is 3. The molecule has 2 rings (SSSR count). The van der Waals surface area contributed by atoms with Gasteiger partial charge in [0, 0.05) is 0 Å². The third-order valence-corrected chi connectivity index (χ3v) is 4.10. The van der Waals surface area contributed by atoms with E-state index in [1.54, 1.807) is 0 Å². The molecule has 2 fully saturated rings. The number of rotatable bonds is 3. The molecule has 0 spiro atoms. The van der Waals surface area contributed by atoms with Gasteiger partial charge in [0.25, 0.3) is 0 Å². The maximum absolute atomic E-state index is 12.0. The molecular formula is C14H25NO2. The van der Waals surface area contributed by atoms with E-state index in [4.69, 9.17) is 4.74 Å². The summed E-state index contributed by atoms with van der Waals surface area (Å²) in [5.41, 5.74) is 0.235. The average Bonchev–Trinajstić information content (AvgIpc) is 2.74. The van der Waals surface area contributed by atoms with Crippen LogP contribution in [0.3, 0.4) is 0 Å². The number of hydrogen-bond donors (Lipinski definition) is 1. The van der Waals surface area contributed by atoms with Crippen molar-refractivity contribution in [2.45, 2.75) is 52.5 Å². The molecule has 2 aliphatic rings. The topological polar surface area (TPSA) is 38.3 Å². The molecule has 0 aromatic carbocycles. The van der Waals surface area contributed by atoms with Crippen LogP contribution in [0.5, 0.6) is 0 Å². The van der Waals surface area contributed by atoms with Crippen LogP contribution in [0.15, 0.2) is 0 Å². The lowest BCUT2D eigenvalue weighted by molar-refractivity contribution is -0.147. The highest BCUT2D eigenvalue weighted by atomic mass is 16.5. The van der Waals surface area contributed by atoms with E-state index in [-0.39, 0.29) is 17.4 Å². The van der Waals surface area contributed by atoms with Gasteiger partial charge in [-0.1, -0.05) is 27.2 Å². The molecule has 17 heavy (non-hydrogen) atoms. The molecule has 3 atom stereocenters. The van der Waals surface area contributed by atoms with Crippen LogP contribution in [-0.2, 0) is 9.53 Å². The van der Waals surface area contributed by atoms with Crippen LogP contribution in [0.1, 0.15) is 46.5 Å². The number of ether oxygens (including phenoxy) is 1. The summed E-state index contributed by atoms with van der Waals surface area (Å²) in [6.07, 6.45) is 4.68. The predicted molar refractivity (Wildman–Crippen MR) is 67.7 cm³/mol. The first-order valence-corrected chi connectivity index (χ1v) is 6.87. The van der Waals surface area contributed by atoms with Gasteiger partial charge < -0.3 is 10.1 Å². The molecule has 1 saturated heterocycles. The molecule has 1 aliphatic heterocycles. The summed E-state index contributed by atoms with van der Waals surface area (Å²) in [6, 6.07) is -0.0255. The number of carbonyl (C=O) groups is 1. The molecule has 1 saturated carbocycles. The fraction of sp³-hybridized carbons (Fsp3) is 0.929. The Hall–Kier alpha value is -0.570. The van der Waals surface area contributed by atoms with Crippen molar-refractivity contribution in [3.05, 3.63) is 0 Å². The molecule has 0 amide bonds. The minimum Gasteiger partial charge on any atom is -0.464 e. The van der Waals surface area contributed by atoms with Gasteiger partial charge in [-0.3, -0.25) is 4.79 Å². The smallest absolute Gasteiger partial charge is 0.323 e. The Labute approximate surface area is 104 Å². The normalized spacial score (nSPS) is 32.5. The summed E-state index contributed by atoms with van der Waals surface area (Å²) in [7, 11) is 0. The zero-order chi connectivity index (χ0) is 12.5. The van der Waals surface area contributed by atoms with Crippen LogP contribution in [0.4, 0.5) is 0 Å². The Balaban J connectivity index is 1.77. The number of fused-ring (bicyclic) bond motifs is 1. The molecule has 0 aromatic heterocycles. The molecule has 98 valence electrons. The van der Waals surface area contributed by atoms with E-state index >= 15 is 0 Å². The van der Waals surface area contributed by atoms with Gasteiger partial charge in [-0.25, -0.2) is 0 Å². The first-order chi connectivity index (χ1) is 7.97. The van der Waals surface area contributed by atoms with Crippen LogP contribution in [0, 0.1) is 17.3 Å². The van der Waals surface area contributed by atoms with Gasteiger partial charge in [0.05, 0.1) is 6.61 Å². The molecule has 1 N–H and O–H groups in total. The Morgan fingerprint density at radius 3 is 2.82 bits per heavy atom. The summed E-state index contributed by atoms with van der Waals surface area (Å²) in [5, 5.41) is 3.33. The second-order valence-electron chi connectivity index (χ2n) is 6.72. The summed E-state index contributed by atoms with van der Waals surface area (Å²) < 4.78 is 5.41. The molecular weight excluding hydrogens is 214 g/mol. The van der Waals surface area contributed by atoms with E-state index in [0.717, 1.165) is 18.9 Å². The maximum atomic E-state index is 12.0. The van der Waals surface area contributed by atoms with Gasteiger partial charge in [0.2, 0.25) is 0 Å². The van der Waals surface area contributed by atoms with E-state index in [1.165, 1.54) is 19.3 Å². The fourth-order valence-electron chi connectivity index (χ4n) is 2.99. The Morgan fingerprint density at radius 2 is 2.12 bits per heavy atom. The molecule has 1 heterocycles. The van der Waals surface area contributed by atoms with Crippen LogP contribution in [0.2, 0.25) is 0 Å². The van der Waals surface area contributed by atoms with Crippen molar-refractivity contribution in [1.82, 2.24) is 5.32 Å². The molecule has 0 bridgehead atoms. The van der Waals surface area contributed by atoms with Gasteiger partial charge in [0.15, 0.2) is 0 Å². The van der Waals surface area contributed by atoms with E-state index in [9.17, 15) is 4.79 Å². The van der Waals surface area contributed by atoms with Gasteiger partial charge in [-0.05, 0) is 43.1 Å². The molecule has 0 aromatic rings. The number of esters is 1. The van der Waals surface area contributed by atoms with Crippen LogP contribution in [0.25, 0.3) is 0 Å². The van der Waals surface area contributed by atoms with E-state index in [0.29, 0.717) is 12.5 Å². The van der Waals surface area contributed by atoms with Gasteiger partial charge in [-0.15, -0.1) is 0 Å². The lowest BCUT2D eigenvalue weighted by atomic mass is 9.93. The predicted octanol–water partition coefficient (Wildman–Crippen LogP) is 2.35. The summed E-state index contributed by atoms with van der Waals surface area (Å²) >= 11 is 0. The molecule has 3 unspecified atom stereocenters. The Kier molecular flexibility index (Phi) is 3.76. The van der Waals surface area contributed by atoms with Gasteiger partial charge in [0.1, 0.15) is 6.04 Å². The zero-order valence-corrected chi connectivity index (χ0v) is 11.3. The summed E-state index contributed by atoms with van der Waals surface area (Å²) in [4.78, 5) is 12.0. The third kappa shape index (κ3) is 3.21. The quantitative estimate of drug-likeness (QED) is 0.768. The van der Waals surface area contributed by atoms with Gasteiger partial charge in [-0.2, -0.15) is 0 Å². The van der Waals surface area contributed by atoms with Crippen LogP contribution >= 0.6 is 0 Å². The highest BCUT2D eigenvalue weighted by molar-refractivity contribution is 5.76. The van der Waals surface area contributed by atoms with Crippen molar-refractivity contribution >= 4 is 5.97 Å². The average molecular weight is 239 g/mol. The fourth-order valence-corrected chi connectivity index (χ4v) is 2.99. The highest BCUT2D eigenvalue weighted by Crippen LogP contribution is 2.38. The van der Waals surface area contributed by atoms with Crippen molar-refractivity contribution in [2.24, 2.45) is 17.3 Å². The van der Waals surface area contributed by atoms with E-state index < -0.39 is 0 Å². The van der Waals surface area contributed by atoms with Crippen molar-refractivity contribution < 1.29 is 9.53 Å². The number of nitrogens with one attached hydrogen (secondary N) is 1. The molecule has 3 nitrogen and oxygen atoms in total. The molecule has 1 aliphatic carbocycles. The second kappa shape index (κ2) is 4.97. The minimum absolute atomic E-state index is 0.0244. The van der Waals surface area contributed by atoms with Crippen LogP contribution in [-0.4, -0.2) is 25.2 Å². The first kappa shape index (κ1) is 12.9. The van der Waals surface area contributed by atoms with E-state index in [1.807, 2.05) is 0 Å². The Bertz CT molecular complexity index is 282. The lowest BCUT2D eigenvalue weighted by Gasteiger charge is -2.20. The third-order valence-electron chi connectivity index (χ3n) is 4.10. The first-order valence-electron chi connectivity index (χ1n) is 6.87. The Morgan fingerprint density at radius 1 is 1.35 bits per heavy atom. The lowest BCUT2D eigenvalue weighted by Crippen LogP contribution is -2.37. The standard InChI is InChI=1S/C14H25NO2/c1-14(2,3)7-8-17-13(16)12-11-6-4-5-10(11)9-15-12/h10-12,15H,4-9H2,1-3H3. The van der Waals surface area contributed by atoms with Gasteiger partial charge >= 0.3 is 5.97 Å². The second-order valence-corrected chi connectivity index (χ2v) is 6.72. The summed E-state index contributed by atoms with van der Waals surface area (Å²) in [5.74, 6) is 1.23. The van der Waals surface area contributed by atoms with E-state index in [2.05, 4.69) is 26.1 Å². The highest BCUT2D eigenvalue weighted by Gasteiger charge is 2.43. The monoisotopic (exact) mass is 239 g/mol. The number of carbonyl (C=O) groups excluding carboxylic acids is 1. The molecule has 0 radical (unpaired) electrons. The minimum atomic E-state index is -0.0255. The van der Waals surface area contributed by atoms with Crippen molar-refractivity contribution in [3.8, 4) is 0 Å². The van der Waals surface area contributed by atoms with Crippen molar-refractivity contribution in [1.29, 1.82) is 0 Å².